The van der Waals surface area contributed by atoms with Gasteiger partial charge in [0, 0.05) is 12.8 Å². The minimum Gasteiger partial charge on any atom is -0.462 e. The van der Waals surface area contributed by atoms with Crippen LogP contribution in [-0.2, 0) is 9.53 Å². The van der Waals surface area contributed by atoms with Crippen molar-refractivity contribution in [2.75, 3.05) is 0 Å². The zero-order valence-electron chi connectivity index (χ0n) is 9.00. The third kappa shape index (κ3) is 5.05. The van der Waals surface area contributed by atoms with Gasteiger partial charge in [0.1, 0.15) is 6.10 Å². The lowest BCUT2D eigenvalue weighted by Gasteiger charge is -2.11. The van der Waals surface area contributed by atoms with E-state index in [9.17, 15) is 4.79 Å². The summed E-state index contributed by atoms with van der Waals surface area (Å²) in [5.41, 5.74) is 0. The summed E-state index contributed by atoms with van der Waals surface area (Å²) in [6.07, 6.45) is 11.6. The van der Waals surface area contributed by atoms with Gasteiger partial charge in [0.25, 0.3) is 0 Å². The zero-order chi connectivity index (χ0) is 10.2. The van der Waals surface area contributed by atoms with Crippen LogP contribution in [0.1, 0.15) is 51.9 Å². The Hall–Kier alpha value is -0.790. The van der Waals surface area contributed by atoms with E-state index >= 15 is 0 Å². The zero-order valence-corrected chi connectivity index (χ0v) is 9.00. The molecule has 0 amide bonds. The number of esters is 1. The van der Waals surface area contributed by atoms with Gasteiger partial charge in [-0.1, -0.05) is 25.0 Å². The van der Waals surface area contributed by atoms with E-state index in [0.717, 1.165) is 19.3 Å². The van der Waals surface area contributed by atoms with Gasteiger partial charge in [0.15, 0.2) is 0 Å². The van der Waals surface area contributed by atoms with Gasteiger partial charge in [-0.25, -0.2) is 0 Å². The van der Waals surface area contributed by atoms with Gasteiger partial charge in [-0.3, -0.25) is 4.79 Å². The predicted molar refractivity (Wildman–Crippen MR) is 57.0 cm³/mol. The van der Waals surface area contributed by atoms with Crippen LogP contribution >= 0.6 is 0 Å². The second-order valence-electron chi connectivity index (χ2n) is 3.96. The molecule has 0 radical (unpaired) electrons. The van der Waals surface area contributed by atoms with Crippen LogP contribution in [-0.4, -0.2) is 12.1 Å². The maximum absolute atomic E-state index is 11.3. The van der Waals surface area contributed by atoms with Gasteiger partial charge in [0.2, 0.25) is 0 Å². The molecule has 1 aliphatic rings. The van der Waals surface area contributed by atoms with Crippen molar-refractivity contribution < 1.29 is 9.53 Å². The van der Waals surface area contributed by atoms with E-state index in [1.54, 1.807) is 0 Å². The van der Waals surface area contributed by atoms with Crippen LogP contribution in [0.15, 0.2) is 12.2 Å². The molecule has 80 valence electrons. The first-order valence-corrected chi connectivity index (χ1v) is 5.63. The molecule has 1 unspecified atom stereocenters. The molecule has 2 heteroatoms. The Kier molecular flexibility index (Phi) is 5.35. The lowest BCUT2D eigenvalue weighted by molar-refractivity contribution is -0.148. The van der Waals surface area contributed by atoms with Gasteiger partial charge in [-0.05, 0) is 26.2 Å². The van der Waals surface area contributed by atoms with Gasteiger partial charge in [-0.15, -0.1) is 0 Å². The molecule has 0 aromatic heterocycles. The topological polar surface area (TPSA) is 26.3 Å². The summed E-state index contributed by atoms with van der Waals surface area (Å²) in [7, 11) is 0. The average molecular weight is 196 g/mol. The van der Waals surface area contributed by atoms with Gasteiger partial charge < -0.3 is 4.74 Å². The van der Waals surface area contributed by atoms with Crippen molar-refractivity contribution in [2.45, 2.75) is 58.0 Å². The highest BCUT2D eigenvalue weighted by Crippen LogP contribution is 2.10. The Morgan fingerprint density at radius 3 is 2.86 bits per heavy atom. The van der Waals surface area contributed by atoms with Crippen LogP contribution in [0.25, 0.3) is 0 Å². The van der Waals surface area contributed by atoms with E-state index in [0.29, 0.717) is 6.42 Å². The Morgan fingerprint density at radius 1 is 1.21 bits per heavy atom. The second-order valence-corrected chi connectivity index (χ2v) is 3.96. The SMILES string of the molecule is CC1C/C=C\CCCCCCC(=O)O1. The first-order valence-electron chi connectivity index (χ1n) is 5.63. The summed E-state index contributed by atoms with van der Waals surface area (Å²) in [6, 6.07) is 0. The van der Waals surface area contributed by atoms with Crippen molar-refractivity contribution in [1.82, 2.24) is 0 Å². The highest BCUT2D eigenvalue weighted by Gasteiger charge is 2.08. The predicted octanol–water partition coefficient (Wildman–Crippen LogP) is 3.22. The monoisotopic (exact) mass is 196 g/mol. The standard InChI is InChI=1S/C12H20O2/c1-11-9-7-5-3-2-4-6-8-10-12(13)14-11/h5,7,11H,2-4,6,8-10H2,1H3/b7-5-. The molecular weight excluding hydrogens is 176 g/mol. The lowest BCUT2D eigenvalue weighted by atomic mass is 10.1. The third-order valence-corrected chi connectivity index (χ3v) is 2.47. The van der Waals surface area contributed by atoms with Gasteiger partial charge in [0.05, 0.1) is 0 Å². The number of allylic oxidation sites excluding steroid dienone is 1. The van der Waals surface area contributed by atoms with Gasteiger partial charge >= 0.3 is 5.97 Å². The van der Waals surface area contributed by atoms with Crippen molar-refractivity contribution in [1.29, 1.82) is 0 Å². The molecule has 1 atom stereocenters. The van der Waals surface area contributed by atoms with E-state index in [1.807, 2.05) is 6.92 Å². The smallest absolute Gasteiger partial charge is 0.306 e. The molecule has 1 rings (SSSR count). The fourth-order valence-electron chi connectivity index (χ4n) is 1.62. The van der Waals surface area contributed by atoms with Crippen molar-refractivity contribution >= 4 is 5.97 Å². The summed E-state index contributed by atoms with van der Waals surface area (Å²) >= 11 is 0. The quantitative estimate of drug-likeness (QED) is 0.439. The Balaban J connectivity index is 2.36. The van der Waals surface area contributed by atoms with E-state index in [-0.39, 0.29) is 12.1 Å². The summed E-state index contributed by atoms with van der Waals surface area (Å²) in [5.74, 6) is -0.0357. The maximum atomic E-state index is 11.3. The van der Waals surface area contributed by atoms with E-state index in [2.05, 4.69) is 12.2 Å². The molecule has 0 saturated carbocycles. The molecule has 1 aliphatic heterocycles. The van der Waals surface area contributed by atoms with Crippen molar-refractivity contribution in [3.63, 3.8) is 0 Å². The molecule has 2 nitrogen and oxygen atoms in total. The molecule has 1 heterocycles. The largest absolute Gasteiger partial charge is 0.462 e. The van der Waals surface area contributed by atoms with Crippen LogP contribution in [0.5, 0.6) is 0 Å². The second kappa shape index (κ2) is 6.63. The first-order chi connectivity index (χ1) is 6.79. The fraction of sp³-hybridized carbons (Fsp3) is 0.750. The summed E-state index contributed by atoms with van der Waals surface area (Å²) < 4.78 is 5.23. The first kappa shape index (κ1) is 11.3. The molecule has 14 heavy (non-hydrogen) atoms. The highest BCUT2D eigenvalue weighted by molar-refractivity contribution is 5.69. The molecule has 0 N–H and O–H groups in total. The molecule has 0 saturated heterocycles. The van der Waals surface area contributed by atoms with E-state index in [4.69, 9.17) is 4.74 Å². The van der Waals surface area contributed by atoms with Crippen LogP contribution in [0, 0.1) is 0 Å². The number of cyclic esters (lactones) is 1. The number of carbonyl (C=O) groups is 1. The molecule has 0 aromatic carbocycles. The van der Waals surface area contributed by atoms with Crippen LogP contribution in [0.3, 0.4) is 0 Å². The van der Waals surface area contributed by atoms with Crippen LogP contribution in [0.4, 0.5) is 0 Å². The number of ether oxygens (including phenoxy) is 1. The summed E-state index contributed by atoms with van der Waals surface area (Å²) in [5, 5.41) is 0. The molecule has 0 bridgehead atoms. The number of hydrogen-bond donors (Lipinski definition) is 0. The van der Waals surface area contributed by atoms with E-state index in [1.165, 1.54) is 19.3 Å². The summed E-state index contributed by atoms with van der Waals surface area (Å²) in [4.78, 5) is 11.3. The summed E-state index contributed by atoms with van der Waals surface area (Å²) in [6.45, 7) is 1.95. The van der Waals surface area contributed by atoms with E-state index < -0.39 is 0 Å². The average Bonchev–Trinajstić information content (AvgIpc) is 2.13. The number of hydrogen-bond acceptors (Lipinski definition) is 2. The van der Waals surface area contributed by atoms with Crippen molar-refractivity contribution in [2.24, 2.45) is 0 Å². The molecule has 0 aliphatic carbocycles. The molecular formula is C12H20O2. The highest BCUT2D eigenvalue weighted by atomic mass is 16.5. The Morgan fingerprint density at radius 2 is 2.00 bits per heavy atom. The van der Waals surface area contributed by atoms with Crippen molar-refractivity contribution in [3.05, 3.63) is 12.2 Å². The molecule has 0 aromatic rings. The Labute approximate surface area is 86.3 Å². The third-order valence-electron chi connectivity index (χ3n) is 2.47. The minimum atomic E-state index is -0.0357. The molecule has 0 spiro atoms. The lowest BCUT2D eigenvalue weighted by Crippen LogP contribution is -2.14. The van der Waals surface area contributed by atoms with Crippen LogP contribution < -0.4 is 0 Å². The maximum Gasteiger partial charge on any atom is 0.306 e. The normalized spacial score (nSPS) is 28.4. The van der Waals surface area contributed by atoms with Crippen molar-refractivity contribution in [3.8, 4) is 0 Å². The molecule has 0 fully saturated rings. The van der Waals surface area contributed by atoms with Gasteiger partial charge in [-0.2, -0.15) is 0 Å². The number of rotatable bonds is 0. The fourth-order valence-corrected chi connectivity index (χ4v) is 1.62. The number of carbonyl (C=O) groups excluding carboxylic acids is 1. The Bertz CT molecular complexity index is 196. The minimum absolute atomic E-state index is 0.0357. The van der Waals surface area contributed by atoms with Crippen LogP contribution in [0.2, 0.25) is 0 Å².